The summed E-state index contributed by atoms with van der Waals surface area (Å²) >= 11 is 1.80. The summed E-state index contributed by atoms with van der Waals surface area (Å²) < 4.78 is 5.17. The van der Waals surface area contributed by atoms with Gasteiger partial charge in [0.1, 0.15) is 5.60 Å². The first-order chi connectivity index (χ1) is 11.8. The van der Waals surface area contributed by atoms with Gasteiger partial charge in [-0.2, -0.15) is 0 Å². The molecular formula is C18H30N4O2S. The first-order valence-electron chi connectivity index (χ1n) is 8.41. The van der Waals surface area contributed by atoms with Crippen LogP contribution in [0.5, 0.6) is 0 Å². The number of aryl methyl sites for hydroxylation is 1. The third kappa shape index (κ3) is 10.6. The molecule has 0 heterocycles. The Balaban J connectivity index is 2.14. The first-order valence-corrected chi connectivity index (χ1v) is 9.39. The molecule has 0 bridgehead atoms. The Kier molecular flexibility index (Phi) is 9.20. The average Bonchev–Trinajstić information content (AvgIpc) is 2.53. The van der Waals surface area contributed by atoms with Gasteiger partial charge in [0.05, 0.1) is 0 Å². The number of carbonyl (C=O) groups excluding carboxylic acids is 1. The van der Waals surface area contributed by atoms with E-state index in [0.29, 0.717) is 13.1 Å². The molecule has 0 saturated heterocycles. The third-order valence-electron chi connectivity index (χ3n) is 2.99. The Hall–Kier alpha value is -1.89. The van der Waals surface area contributed by atoms with Crippen LogP contribution in [0.25, 0.3) is 0 Å². The van der Waals surface area contributed by atoms with Gasteiger partial charge in [0, 0.05) is 37.3 Å². The minimum absolute atomic E-state index is 0.410. The van der Waals surface area contributed by atoms with Crippen molar-refractivity contribution in [2.75, 3.05) is 32.4 Å². The first kappa shape index (κ1) is 21.2. The molecule has 0 spiro atoms. The van der Waals surface area contributed by atoms with Gasteiger partial charge in [-0.1, -0.05) is 17.7 Å². The zero-order valence-electron chi connectivity index (χ0n) is 15.8. The summed E-state index contributed by atoms with van der Waals surface area (Å²) in [7, 11) is 1.73. The highest BCUT2D eigenvalue weighted by molar-refractivity contribution is 7.99. The Morgan fingerprint density at radius 3 is 2.28 bits per heavy atom. The van der Waals surface area contributed by atoms with Crippen LogP contribution < -0.4 is 16.0 Å². The summed E-state index contributed by atoms with van der Waals surface area (Å²) in [5.41, 5.74) is 0.789. The summed E-state index contributed by atoms with van der Waals surface area (Å²) in [6.07, 6.45) is -0.410. The molecule has 1 aromatic rings. The van der Waals surface area contributed by atoms with Crippen LogP contribution in [0.3, 0.4) is 0 Å². The van der Waals surface area contributed by atoms with Gasteiger partial charge in [0.15, 0.2) is 5.96 Å². The standard InChI is InChI=1S/C18H30N4O2S/c1-14-6-8-15(9-7-14)25-13-12-21-16(19-5)20-10-11-22-17(23)24-18(2,3)4/h6-9H,10-13H2,1-5H3,(H,22,23)(H2,19,20,21). The van der Waals surface area contributed by atoms with E-state index in [4.69, 9.17) is 4.74 Å². The highest BCUT2D eigenvalue weighted by Crippen LogP contribution is 2.17. The number of thioether (sulfide) groups is 1. The van der Waals surface area contributed by atoms with Crippen LogP contribution in [0.4, 0.5) is 4.79 Å². The molecule has 0 aliphatic heterocycles. The van der Waals surface area contributed by atoms with E-state index in [1.165, 1.54) is 10.5 Å². The summed E-state index contributed by atoms with van der Waals surface area (Å²) in [6.45, 7) is 9.44. The number of alkyl carbamates (subject to hydrolysis) is 1. The van der Waals surface area contributed by atoms with Crippen molar-refractivity contribution in [3.63, 3.8) is 0 Å². The van der Waals surface area contributed by atoms with Crippen LogP contribution in [0.2, 0.25) is 0 Å². The van der Waals surface area contributed by atoms with Crippen molar-refractivity contribution >= 4 is 23.8 Å². The van der Waals surface area contributed by atoms with Gasteiger partial charge in [-0.3, -0.25) is 4.99 Å². The minimum Gasteiger partial charge on any atom is -0.444 e. The number of amides is 1. The smallest absolute Gasteiger partial charge is 0.407 e. The Morgan fingerprint density at radius 1 is 1.08 bits per heavy atom. The Morgan fingerprint density at radius 2 is 1.68 bits per heavy atom. The normalized spacial score (nSPS) is 11.8. The molecule has 0 radical (unpaired) electrons. The quantitative estimate of drug-likeness (QED) is 0.299. The van der Waals surface area contributed by atoms with Crippen LogP contribution >= 0.6 is 11.8 Å². The summed E-state index contributed by atoms with van der Waals surface area (Å²) in [4.78, 5) is 17.0. The number of ether oxygens (including phenoxy) is 1. The lowest BCUT2D eigenvalue weighted by Gasteiger charge is -2.19. The number of guanidine groups is 1. The van der Waals surface area contributed by atoms with E-state index < -0.39 is 11.7 Å². The highest BCUT2D eigenvalue weighted by Gasteiger charge is 2.15. The van der Waals surface area contributed by atoms with Gasteiger partial charge in [-0.15, -0.1) is 11.8 Å². The van der Waals surface area contributed by atoms with Crippen LogP contribution in [0.1, 0.15) is 26.3 Å². The van der Waals surface area contributed by atoms with E-state index in [-0.39, 0.29) is 0 Å². The maximum Gasteiger partial charge on any atom is 0.407 e. The van der Waals surface area contributed by atoms with Crippen molar-refractivity contribution in [2.45, 2.75) is 38.2 Å². The molecule has 0 unspecified atom stereocenters. The molecule has 0 aliphatic carbocycles. The van der Waals surface area contributed by atoms with E-state index in [0.717, 1.165) is 18.3 Å². The SMILES string of the molecule is CN=C(NCCNC(=O)OC(C)(C)C)NCCSc1ccc(C)cc1. The number of carbonyl (C=O) groups is 1. The molecule has 1 rings (SSSR count). The van der Waals surface area contributed by atoms with Gasteiger partial charge < -0.3 is 20.7 Å². The summed E-state index contributed by atoms with van der Waals surface area (Å²) in [5.74, 6) is 1.66. The molecule has 0 atom stereocenters. The number of aliphatic imine (C=N–C) groups is 1. The monoisotopic (exact) mass is 366 g/mol. The van der Waals surface area contributed by atoms with Crippen LogP contribution in [-0.2, 0) is 4.74 Å². The van der Waals surface area contributed by atoms with Crippen molar-refractivity contribution < 1.29 is 9.53 Å². The maximum atomic E-state index is 11.5. The molecule has 0 fully saturated rings. The lowest BCUT2D eigenvalue weighted by molar-refractivity contribution is 0.0529. The predicted molar refractivity (Wildman–Crippen MR) is 106 cm³/mol. The lowest BCUT2D eigenvalue weighted by Crippen LogP contribution is -2.43. The average molecular weight is 367 g/mol. The Labute approximate surface area is 155 Å². The number of hydrogen-bond acceptors (Lipinski definition) is 4. The number of hydrogen-bond donors (Lipinski definition) is 3. The van der Waals surface area contributed by atoms with E-state index in [1.54, 1.807) is 18.8 Å². The van der Waals surface area contributed by atoms with Gasteiger partial charge in [0.25, 0.3) is 0 Å². The van der Waals surface area contributed by atoms with Crippen molar-refractivity contribution in [1.29, 1.82) is 0 Å². The number of nitrogens with zero attached hydrogens (tertiary/aromatic N) is 1. The largest absolute Gasteiger partial charge is 0.444 e. The van der Waals surface area contributed by atoms with E-state index >= 15 is 0 Å². The molecule has 25 heavy (non-hydrogen) atoms. The molecular weight excluding hydrogens is 336 g/mol. The van der Waals surface area contributed by atoms with Crippen LogP contribution in [0, 0.1) is 6.92 Å². The minimum atomic E-state index is -0.482. The predicted octanol–water partition coefficient (Wildman–Crippen LogP) is 2.78. The van der Waals surface area contributed by atoms with Crippen LogP contribution in [-0.4, -0.2) is 50.1 Å². The lowest BCUT2D eigenvalue weighted by atomic mass is 10.2. The fraction of sp³-hybridized carbons (Fsp3) is 0.556. The van der Waals surface area contributed by atoms with E-state index in [1.807, 2.05) is 20.8 Å². The van der Waals surface area contributed by atoms with Crippen molar-refractivity contribution in [3.8, 4) is 0 Å². The molecule has 1 amide bonds. The van der Waals surface area contributed by atoms with Crippen molar-refractivity contribution in [1.82, 2.24) is 16.0 Å². The van der Waals surface area contributed by atoms with Crippen molar-refractivity contribution in [3.05, 3.63) is 29.8 Å². The molecule has 6 nitrogen and oxygen atoms in total. The van der Waals surface area contributed by atoms with Crippen molar-refractivity contribution in [2.24, 2.45) is 4.99 Å². The number of rotatable bonds is 7. The van der Waals surface area contributed by atoms with Gasteiger partial charge in [-0.05, 0) is 39.8 Å². The molecule has 3 N–H and O–H groups in total. The van der Waals surface area contributed by atoms with E-state index in [2.05, 4.69) is 52.1 Å². The fourth-order valence-corrected chi connectivity index (χ4v) is 2.62. The third-order valence-corrected chi connectivity index (χ3v) is 4.01. The second kappa shape index (κ2) is 10.9. The fourth-order valence-electron chi connectivity index (χ4n) is 1.85. The second-order valence-corrected chi connectivity index (χ2v) is 7.68. The topological polar surface area (TPSA) is 74.8 Å². The highest BCUT2D eigenvalue weighted by atomic mass is 32.2. The van der Waals surface area contributed by atoms with Gasteiger partial charge in [0.2, 0.25) is 0 Å². The Bertz CT molecular complexity index is 553. The molecule has 0 aliphatic rings. The molecule has 1 aromatic carbocycles. The number of benzene rings is 1. The molecule has 0 saturated carbocycles. The summed E-state index contributed by atoms with van der Waals surface area (Å²) in [5, 5.41) is 9.11. The maximum absolute atomic E-state index is 11.5. The molecule has 7 heteroatoms. The van der Waals surface area contributed by atoms with Gasteiger partial charge in [-0.25, -0.2) is 4.79 Å². The van der Waals surface area contributed by atoms with E-state index in [9.17, 15) is 4.79 Å². The molecule has 0 aromatic heterocycles. The second-order valence-electron chi connectivity index (χ2n) is 6.52. The zero-order valence-corrected chi connectivity index (χ0v) is 16.6. The number of nitrogens with one attached hydrogen (secondary N) is 3. The zero-order chi connectivity index (χ0) is 18.7. The molecule has 140 valence electrons. The summed E-state index contributed by atoms with van der Waals surface area (Å²) in [6, 6.07) is 8.51. The van der Waals surface area contributed by atoms with Gasteiger partial charge >= 0.3 is 6.09 Å². The van der Waals surface area contributed by atoms with Crippen LogP contribution in [0.15, 0.2) is 34.2 Å².